The molecule has 0 aliphatic carbocycles. The van der Waals surface area contributed by atoms with E-state index >= 15 is 0 Å². The van der Waals surface area contributed by atoms with E-state index in [0.717, 1.165) is 5.69 Å². The van der Waals surface area contributed by atoms with Crippen LogP contribution in [0.25, 0.3) is 0 Å². The zero-order chi connectivity index (χ0) is 15.4. The second-order valence-corrected chi connectivity index (χ2v) is 4.56. The largest absolute Gasteiger partial charge is 0.409 e. The molecule has 0 saturated heterocycles. The third-order valence-electron chi connectivity index (χ3n) is 3.06. The number of pyridine rings is 1. The Balaban J connectivity index is 2.50. The van der Waals surface area contributed by atoms with Crippen LogP contribution in [-0.2, 0) is 0 Å². The van der Waals surface area contributed by atoms with E-state index in [2.05, 4.69) is 10.1 Å². The van der Waals surface area contributed by atoms with Gasteiger partial charge in [-0.3, -0.25) is 0 Å². The summed E-state index contributed by atoms with van der Waals surface area (Å²) in [6, 6.07) is 9.71. The quantitative estimate of drug-likeness (QED) is 0.392. The van der Waals surface area contributed by atoms with Gasteiger partial charge in [-0.1, -0.05) is 11.2 Å². The Hall–Kier alpha value is -2.63. The summed E-state index contributed by atoms with van der Waals surface area (Å²) < 4.78 is 13.4. The molecular weight excluding hydrogens is 271 g/mol. The maximum atomic E-state index is 13.4. The minimum absolute atomic E-state index is 0.0112. The molecule has 1 aromatic heterocycles. The summed E-state index contributed by atoms with van der Waals surface area (Å²) >= 11 is 0. The van der Waals surface area contributed by atoms with Crippen molar-refractivity contribution in [2.45, 2.75) is 13.8 Å². The highest BCUT2D eigenvalue weighted by atomic mass is 19.1. The number of halogens is 1. The summed E-state index contributed by atoms with van der Waals surface area (Å²) in [6.07, 6.45) is 0. The molecule has 0 atom stereocenters. The number of aromatic nitrogens is 1. The van der Waals surface area contributed by atoms with Crippen LogP contribution in [0.4, 0.5) is 15.9 Å². The number of rotatable bonds is 4. The number of amidine groups is 1. The number of aryl methyl sites for hydroxylation is 1. The van der Waals surface area contributed by atoms with Gasteiger partial charge in [-0.2, -0.15) is 0 Å². The molecule has 1 heterocycles. The maximum absolute atomic E-state index is 13.4. The Morgan fingerprint density at radius 1 is 1.38 bits per heavy atom. The molecule has 3 N–H and O–H groups in total. The van der Waals surface area contributed by atoms with Crippen LogP contribution in [0.15, 0.2) is 41.6 Å². The fraction of sp³-hybridized carbons (Fsp3) is 0.200. The normalized spacial score (nSPS) is 11.5. The summed E-state index contributed by atoms with van der Waals surface area (Å²) in [5.41, 5.74) is 7.62. The van der Waals surface area contributed by atoms with Crippen LogP contribution >= 0.6 is 0 Å². The molecule has 0 aliphatic rings. The van der Waals surface area contributed by atoms with Crippen molar-refractivity contribution in [1.29, 1.82) is 0 Å². The fourth-order valence-electron chi connectivity index (χ4n) is 2.12. The van der Waals surface area contributed by atoms with E-state index < -0.39 is 0 Å². The Morgan fingerprint density at radius 2 is 2.14 bits per heavy atom. The van der Waals surface area contributed by atoms with Gasteiger partial charge in [0.05, 0.1) is 0 Å². The number of nitrogens with two attached hydrogens (primary N) is 1. The molecule has 0 aliphatic heterocycles. The van der Waals surface area contributed by atoms with Gasteiger partial charge in [0.25, 0.3) is 0 Å². The molecule has 6 heteroatoms. The maximum Gasteiger partial charge on any atom is 0.170 e. The molecule has 21 heavy (non-hydrogen) atoms. The minimum atomic E-state index is -0.310. The first kappa shape index (κ1) is 14.8. The van der Waals surface area contributed by atoms with Gasteiger partial charge in [-0.05, 0) is 44.2 Å². The van der Waals surface area contributed by atoms with Crippen molar-refractivity contribution in [3.63, 3.8) is 0 Å². The number of hydrogen-bond donors (Lipinski definition) is 2. The lowest BCUT2D eigenvalue weighted by atomic mass is 10.2. The van der Waals surface area contributed by atoms with Crippen molar-refractivity contribution >= 4 is 17.3 Å². The van der Waals surface area contributed by atoms with Gasteiger partial charge in [0, 0.05) is 23.5 Å². The summed E-state index contributed by atoms with van der Waals surface area (Å²) in [4.78, 5) is 6.29. The monoisotopic (exact) mass is 288 g/mol. The summed E-state index contributed by atoms with van der Waals surface area (Å²) in [6.45, 7) is 4.37. The van der Waals surface area contributed by atoms with Crippen molar-refractivity contribution in [2.75, 3.05) is 11.4 Å². The van der Waals surface area contributed by atoms with Gasteiger partial charge in [-0.25, -0.2) is 9.37 Å². The van der Waals surface area contributed by atoms with Crippen molar-refractivity contribution in [3.05, 3.63) is 53.5 Å². The predicted molar refractivity (Wildman–Crippen MR) is 80.6 cm³/mol. The molecule has 0 saturated carbocycles. The molecule has 2 rings (SSSR count). The SMILES string of the molecule is CCN(c1cccc(F)c1)c1cc(/C(N)=N/O)cc(C)n1. The van der Waals surface area contributed by atoms with E-state index in [0.29, 0.717) is 23.6 Å². The molecular formula is C15H17FN4O. The molecule has 5 nitrogen and oxygen atoms in total. The first-order chi connectivity index (χ1) is 10.0. The summed E-state index contributed by atoms with van der Waals surface area (Å²) in [5, 5.41) is 11.8. The molecule has 0 fully saturated rings. The lowest BCUT2D eigenvalue weighted by Gasteiger charge is -2.23. The highest BCUT2D eigenvalue weighted by Crippen LogP contribution is 2.25. The molecule has 110 valence electrons. The first-order valence-corrected chi connectivity index (χ1v) is 6.55. The van der Waals surface area contributed by atoms with Gasteiger partial charge in [0.15, 0.2) is 5.84 Å². The van der Waals surface area contributed by atoms with Crippen LogP contribution in [-0.4, -0.2) is 22.6 Å². The van der Waals surface area contributed by atoms with E-state index in [1.807, 2.05) is 18.7 Å². The van der Waals surface area contributed by atoms with E-state index in [9.17, 15) is 4.39 Å². The van der Waals surface area contributed by atoms with E-state index in [4.69, 9.17) is 10.9 Å². The van der Waals surface area contributed by atoms with Gasteiger partial charge in [0.2, 0.25) is 0 Å². The van der Waals surface area contributed by atoms with Crippen LogP contribution < -0.4 is 10.6 Å². The van der Waals surface area contributed by atoms with Crippen molar-refractivity contribution in [2.24, 2.45) is 10.9 Å². The third kappa shape index (κ3) is 3.28. The van der Waals surface area contributed by atoms with Gasteiger partial charge >= 0.3 is 0 Å². The second kappa shape index (κ2) is 6.21. The Bertz CT molecular complexity index is 672. The minimum Gasteiger partial charge on any atom is -0.409 e. The molecule has 0 amide bonds. The van der Waals surface area contributed by atoms with Gasteiger partial charge in [-0.15, -0.1) is 0 Å². The van der Waals surface area contributed by atoms with Crippen LogP contribution in [0.3, 0.4) is 0 Å². The number of benzene rings is 1. The van der Waals surface area contributed by atoms with E-state index in [1.54, 1.807) is 24.3 Å². The van der Waals surface area contributed by atoms with Crippen LogP contribution in [0.5, 0.6) is 0 Å². The zero-order valence-electron chi connectivity index (χ0n) is 11.9. The smallest absolute Gasteiger partial charge is 0.170 e. The second-order valence-electron chi connectivity index (χ2n) is 4.56. The van der Waals surface area contributed by atoms with E-state index in [-0.39, 0.29) is 11.7 Å². The third-order valence-corrected chi connectivity index (χ3v) is 3.06. The lowest BCUT2D eigenvalue weighted by Crippen LogP contribution is -2.20. The highest BCUT2D eigenvalue weighted by Gasteiger charge is 2.12. The Kier molecular flexibility index (Phi) is 4.37. The van der Waals surface area contributed by atoms with Crippen LogP contribution in [0.1, 0.15) is 18.2 Å². The predicted octanol–water partition coefficient (Wildman–Crippen LogP) is 2.78. The van der Waals surface area contributed by atoms with Crippen molar-refractivity contribution in [1.82, 2.24) is 4.98 Å². The summed E-state index contributed by atoms with van der Waals surface area (Å²) in [7, 11) is 0. The summed E-state index contributed by atoms with van der Waals surface area (Å²) in [5.74, 6) is 0.317. The average molecular weight is 288 g/mol. The Labute approximate surface area is 122 Å². The number of oxime groups is 1. The molecule has 0 unspecified atom stereocenters. The zero-order valence-corrected chi connectivity index (χ0v) is 11.9. The fourth-order valence-corrected chi connectivity index (χ4v) is 2.12. The lowest BCUT2D eigenvalue weighted by molar-refractivity contribution is 0.318. The molecule has 0 radical (unpaired) electrons. The number of anilines is 2. The van der Waals surface area contributed by atoms with Crippen LogP contribution in [0.2, 0.25) is 0 Å². The van der Waals surface area contributed by atoms with Gasteiger partial charge < -0.3 is 15.8 Å². The topological polar surface area (TPSA) is 74.7 Å². The van der Waals surface area contributed by atoms with Crippen LogP contribution in [0, 0.1) is 12.7 Å². The van der Waals surface area contributed by atoms with Crippen molar-refractivity contribution in [3.8, 4) is 0 Å². The van der Waals surface area contributed by atoms with Crippen molar-refractivity contribution < 1.29 is 9.60 Å². The number of hydrogen-bond acceptors (Lipinski definition) is 4. The van der Waals surface area contributed by atoms with E-state index in [1.165, 1.54) is 12.1 Å². The standard InChI is InChI=1S/C15H17FN4O/c1-3-20(13-6-4-5-12(16)9-13)14-8-11(15(17)19-21)7-10(2)18-14/h4-9,21H,3H2,1-2H3,(H2,17,19). The van der Waals surface area contributed by atoms with Gasteiger partial charge in [0.1, 0.15) is 11.6 Å². The average Bonchev–Trinajstić information content (AvgIpc) is 2.46. The Morgan fingerprint density at radius 3 is 2.76 bits per heavy atom. The first-order valence-electron chi connectivity index (χ1n) is 6.55. The molecule has 0 spiro atoms. The highest BCUT2D eigenvalue weighted by molar-refractivity contribution is 5.97. The number of nitrogens with zero attached hydrogens (tertiary/aromatic N) is 3. The molecule has 0 bridgehead atoms. The molecule has 1 aromatic carbocycles. The molecule has 2 aromatic rings.